The molecule has 156 valence electrons. The number of aryl methyl sites for hydroxylation is 1. The van der Waals surface area contributed by atoms with E-state index in [4.69, 9.17) is 0 Å². The zero-order chi connectivity index (χ0) is 21.1. The van der Waals surface area contributed by atoms with Gasteiger partial charge < -0.3 is 10.6 Å². The van der Waals surface area contributed by atoms with Gasteiger partial charge in [0.25, 0.3) is 5.91 Å². The summed E-state index contributed by atoms with van der Waals surface area (Å²) < 4.78 is 0. The topological polar surface area (TPSA) is 78.5 Å². The summed E-state index contributed by atoms with van der Waals surface area (Å²) in [6.07, 6.45) is 4.06. The maximum absolute atomic E-state index is 13.3. The molecule has 2 N–H and O–H groups in total. The second-order valence-electron chi connectivity index (χ2n) is 8.05. The summed E-state index contributed by atoms with van der Waals surface area (Å²) in [5.41, 5.74) is 2.01. The smallest absolute Gasteiger partial charge is 0.325 e. The first-order valence-electron chi connectivity index (χ1n) is 10.6. The summed E-state index contributed by atoms with van der Waals surface area (Å²) in [6, 6.07) is 16.8. The van der Waals surface area contributed by atoms with E-state index >= 15 is 0 Å². The summed E-state index contributed by atoms with van der Waals surface area (Å²) in [5, 5.41) is 5.90. The van der Waals surface area contributed by atoms with Gasteiger partial charge in [-0.25, -0.2) is 4.79 Å². The maximum Gasteiger partial charge on any atom is 0.325 e. The monoisotopic (exact) mass is 405 g/mol. The Labute approximate surface area is 176 Å². The molecule has 2 atom stereocenters. The van der Waals surface area contributed by atoms with Gasteiger partial charge in [0, 0.05) is 0 Å². The summed E-state index contributed by atoms with van der Waals surface area (Å²) in [7, 11) is 0. The molecule has 2 aromatic carbocycles. The van der Waals surface area contributed by atoms with Crippen molar-refractivity contribution in [3.05, 3.63) is 71.3 Å². The lowest BCUT2D eigenvalue weighted by molar-refractivity contribution is -0.135. The first-order valence-corrected chi connectivity index (χ1v) is 10.6. The SMILES string of the molecule is CCC[C@]1(c2ccccc2)NC(=O)N(CC(=O)N[C@@H]2CCCc3ccccc32)C1=O. The molecule has 6 heteroatoms. The average molecular weight is 405 g/mol. The number of nitrogens with one attached hydrogen (secondary N) is 2. The molecular weight excluding hydrogens is 378 g/mol. The van der Waals surface area contributed by atoms with Gasteiger partial charge in [0.05, 0.1) is 6.04 Å². The van der Waals surface area contributed by atoms with Crippen LogP contribution in [-0.4, -0.2) is 29.3 Å². The second kappa shape index (κ2) is 8.30. The van der Waals surface area contributed by atoms with Gasteiger partial charge in [-0.05, 0) is 42.4 Å². The number of rotatable bonds is 6. The molecule has 0 spiro atoms. The maximum atomic E-state index is 13.3. The third-order valence-corrected chi connectivity index (χ3v) is 6.07. The van der Waals surface area contributed by atoms with Crippen LogP contribution in [0.3, 0.4) is 0 Å². The molecule has 1 saturated heterocycles. The van der Waals surface area contributed by atoms with Crippen LogP contribution in [0.5, 0.6) is 0 Å². The van der Waals surface area contributed by atoms with E-state index in [1.54, 1.807) is 0 Å². The van der Waals surface area contributed by atoms with Crippen LogP contribution in [0.15, 0.2) is 54.6 Å². The van der Waals surface area contributed by atoms with Gasteiger partial charge in [-0.1, -0.05) is 67.9 Å². The van der Waals surface area contributed by atoms with Gasteiger partial charge >= 0.3 is 6.03 Å². The van der Waals surface area contributed by atoms with Crippen LogP contribution in [0.4, 0.5) is 4.79 Å². The zero-order valence-electron chi connectivity index (χ0n) is 17.2. The lowest BCUT2D eigenvalue weighted by atomic mass is 9.85. The first kappa shape index (κ1) is 20.1. The number of carbonyl (C=O) groups is 3. The van der Waals surface area contributed by atoms with E-state index < -0.39 is 11.6 Å². The van der Waals surface area contributed by atoms with Gasteiger partial charge in [0.1, 0.15) is 12.1 Å². The molecule has 2 aromatic rings. The molecule has 0 aromatic heterocycles. The van der Waals surface area contributed by atoms with E-state index in [0.717, 1.165) is 41.7 Å². The van der Waals surface area contributed by atoms with Crippen molar-refractivity contribution in [2.24, 2.45) is 0 Å². The van der Waals surface area contributed by atoms with Crippen molar-refractivity contribution < 1.29 is 14.4 Å². The van der Waals surface area contributed by atoms with Crippen LogP contribution >= 0.6 is 0 Å². The van der Waals surface area contributed by atoms with Gasteiger partial charge in [0.2, 0.25) is 5.91 Å². The van der Waals surface area contributed by atoms with Crippen molar-refractivity contribution in [3.8, 4) is 0 Å². The molecule has 0 radical (unpaired) electrons. The fraction of sp³-hybridized carbons (Fsp3) is 0.375. The molecule has 30 heavy (non-hydrogen) atoms. The lowest BCUT2D eigenvalue weighted by Gasteiger charge is -2.28. The third kappa shape index (κ3) is 3.58. The van der Waals surface area contributed by atoms with E-state index in [9.17, 15) is 14.4 Å². The Kier molecular flexibility index (Phi) is 5.57. The second-order valence-corrected chi connectivity index (χ2v) is 8.05. The zero-order valence-corrected chi connectivity index (χ0v) is 17.2. The molecule has 1 heterocycles. The highest BCUT2D eigenvalue weighted by atomic mass is 16.2. The largest absolute Gasteiger partial charge is 0.348 e. The number of fused-ring (bicyclic) bond motifs is 1. The van der Waals surface area contributed by atoms with E-state index in [-0.39, 0.29) is 24.4 Å². The molecule has 0 unspecified atom stereocenters. The lowest BCUT2D eigenvalue weighted by Crippen LogP contribution is -2.45. The number of urea groups is 1. The number of imide groups is 1. The Hall–Kier alpha value is -3.15. The van der Waals surface area contributed by atoms with Crippen LogP contribution in [0, 0.1) is 0 Å². The average Bonchev–Trinajstić information content (AvgIpc) is 3.00. The van der Waals surface area contributed by atoms with Crippen molar-refractivity contribution in [2.75, 3.05) is 6.54 Å². The van der Waals surface area contributed by atoms with Crippen LogP contribution in [0.1, 0.15) is 55.3 Å². The number of hydrogen-bond acceptors (Lipinski definition) is 3. The molecule has 0 bridgehead atoms. The molecule has 1 aliphatic carbocycles. The predicted octanol–water partition coefficient (Wildman–Crippen LogP) is 3.43. The Balaban J connectivity index is 1.50. The Morgan fingerprint density at radius 2 is 1.87 bits per heavy atom. The highest BCUT2D eigenvalue weighted by molar-refractivity contribution is 6.09. The van der Waals surface area contributed by atoms with Crippen LogP contribution in [-0.2, 0) is 21.5 Å². The van der Waals surface area contributed by atoms with Crippen molar-refractivity contribution in [2.45, 2.75) is 50.6 Å². The third-order valence-electron chi connectivity index (χ3n) is 6.07. The Morgan fingerprint density at radius 1 is 1.13 bits per heavy atom. The number of carbonyl (C=O) groups excluding carboxylic acids is 3. The normalized spacial score (nSPS) is 23.1. The van der Waals surface area contributed by atoms with Crippen molar-refractivity contribution in [3.63, 3.8) is 0 Å². The van der Waals surface area contributed by atoms with Crippen LogP contribution in [0.2, 0.25) is 0 Å². The summed E-state index contributed by atoms with van der Waals surface area (Å²) in [6.45, 7) is 1.70. The Bertz CT molecular complexity index is 959. The molecule has 4 amide bonds. The summed E-state index contributed by atoms with van der Waals surface area (Å²) in [4.78, 5) is 39.8. The van der Waals surface area contributed by atoms with Crippen molar-refractivity contribution in [1.82, 2.24) is 15.5 Å². The van der Waals surface area contributed by atoms with Crippen molar-refractivity contribution >= 4 is 17.8 Å². The molecular formula is C24H27N3O3. The van der Waals surface area contributed by atoms with Crippen molar-refractivity contribution in [1.29, 1.82) is 0 Å². The molecule has 2 aliphatic rings. The van der Waals surface area contributed by atoms with E-state index in [0.29, 0.717) is 6.42 Å². The minimum atomic E-state index is -1.11. The highest BCUT2D eigenvalue weighted by Gasteiger charge is 2.52. The van der Waals surface area contributed by atoms with Crippen LogP contribution in [0.25, 0.3) is 0 Å². The van der Waals surface area contributed by atoms with Gasteiger partial charge in [-0.2, -0.15) is 0 Å². The minimum absolute atomic E-state index is 0.0854. The predicted molar refractivity (Wildman–Crippen MR) is 114 cm³/mol. The standard InChI is InChI=1S/C24H27N3O3/c1-2-15-24(18-11-4-3-5-12-18)22(29)27(23(30)26-24)16-21(28)25-20-14-8-10-17-9-6-7-13-19(17)20/h3-7,9,11-13,20H,2,8,10,14-16H2,1H3,(H,25,28)(H,26,30)/t20-,24-/m1/s1. The van der Waals surface area contributed by atoms with Gasteiger partial charge in [0.15, 0.2) is 0 Å². The number of hydrogen-bond donors (Lipinski definition) is 2. The van der Waals surface area contributed by atoms with E-state index in [1.807, 2.05) is 55.5 Å². The van der Waals surface area contributed by atoms with E-state index in [2.05, 4.69) is 16.7 Å². The molecule has 0 saturated carbocycles. The molecule has 6 nitrogen and oxygen atoms in total. The summed E-state index contributed by atoms with van der Waals surface area (Å²) >= 11 is 0. The molecule has 1 fully saturated rings. The molecule has 4 rings (SSSR count). The number of amides is 4. The van der Waals surface area contributed by atoms with Gasteiger partial charge in [-0.3, -0.25) is 14.5 Å². The highest BCUT2D eigenvalue weighted by Crippen LogP contribution is 2.34. The minimum Gasteiger partial charge on any atom is -0.348 e. The summed E-state index contributed by atoms with van der Waals surface area (Å²) in [5.74, 6) is -0.680. The first-order chi connectivity index (χ1) is 14.5. The Morgan fingerprint density at radius 3 is 2.63 bits per heavy atom. The van der Waals surface area contributed by atoms with Gasteiger partial charge in [-0.15, -0.1) is 0 Å². The molecule has 1 aliphatic heterocycles. The number of benzene rings is 2. The fourth-order valence-electron chi connectivity index (χ4n) is 4.66. The van der Waals surface area contributed by atoms with E-state index in [1.165, 1.54) is 5.56 Å². The van der Waals surface area contributed by atoms with Crippen LogP contribution < -0.4 is 10.6 Å². The fourth-order valence-corrected chi connectivity index (χ4v) is 4.66. The quantitative estimate of drug-likeness (QED) is 0.723. The number of nitrogens with zero attached hydrogens (tertiary/aromatic N) is 1.